The summed E-state index contributed by atoms with van der Waals surface area (Å²) in [7, 11) is 0. The Bertz CT molecular complexity index is 516. The van der Waals surface area contributed by atoms with E-state index >= 15 is 0 Å². The highest BCUT2D eigenvalue weighted by atomic mass is 15.0. The maximum Gasteiger partial charge on any atom is 0.0488 e. The van der Waals surface area contributed by atoms with Gasteiger partial charge in [0.05, 0.1) is 0 Å². The smallest absolute Gasteiger partial charge is 0.0488 e. The van der Waals surface area contributed by atoms with Gasteiger partial charge in [0.25, 0.3) is 0 Å². The Morgan fingerprint density at radius 1 is 0.875 bits per heavy atom. The van der Waals surface area contributed by atoms with Crippen molar-refractivity contribution in [3.05, 3.63) is 46.8 Å². The lowest BCUT2D eigenvalue weighted by Gasteiger charge is -2.14. The number of hydrogen-bond acceptors (Lipinski definition) is 1. The topological polar surface area (TPSA) is 30.9 Å². The third-order valence-corrected chi connectivity index (χ3v) is 3.10. The van der Waals surface area contributed by atoms with Crippen molar-refractivity contribution in [1.29, 1.82) is 0 Å². The van der Waals surface area contributed by atoms with Crippen molar-refractivity contribution in [1.82, 2.24) is 4.57 Å². The zero-order valence-electron chi connectivity index (χ0n) is 10.3. The minimum Gasteiger partial charge on any atom is -0.399 e. The van der Waals surface area contributed by atoms with E-state index in [1.54, 1.807) is 0 Å². The largest absolute Gasteiger partial charge is 0.399 e. The molecule has 0 saturated heterocycles. The van der Waals surface area contributed by atoms with Gasteiger partial charge in [-0.2, -0.15) is 0 Å². The molecule has 0 aliphatic heterocycles. The minimum atomic E-state index is 0.865. The van der Waals surface area contributed by atoms with Gasteiger partial charge in [0.15, 0.2) is 0 Å². The average molecular weight is 214 g/mol. The summed E-state index contributed by atoms with van der Waals surface area (Å²) in [5.41, 5.74) is 12.9. The van der Waals surface area contributed by atoms with Gasteiger partial charge in [-0.15, -0.1) is 0 Å². The Hall–Kier alpha value is -1.70. The van der Waals surface area contributed by atoms with Gasteiger partial charge < -0.3 is 10.3 Å². The van der Waals surface area contributed by atoms with Crippen LogP contribution in [0.3, 0.4) is 0 Å². The highest BCUT2D eigenvalue weighted by molar-refractivity contribution is 5.57. The lowest BCUT2D eigenvalue weighted by Crippen LogP contribution is -2.03. The molecule has 2 nitrogen and oxygen atoms in total. The van der Waals surface area contributed by atoms with Crippen LogP contribution in [0.4, 0.5) is 5.69 Å². The predicted molar refractivity (Wildman–Crippen MR) is 69.1 cm³/mol. The number of nitrogen functional groups attached to an aromatic ring is 1. The third-order valence-electron chi connectivity index (χ3n) is 3.10. The van der Waals surface area contributed by atoms with Crippen molar-refractivity contribution in [2.75, 3.05) is 5.73 Å². The summed E-state index contributed by atoms with van der Waals surface area (Å²) in [5.74, 6) is 0. The number of aromatic nitrogens is 1. The first-order chi connectivity index (χ1) is 7.50. The quantitative estimate of drug-likeness (QED) is 0.725. The molecular weight excluding hydrogens is 196 g/mol. The summed E-state index contributed by atoms with van der Waals surface area (Å²) in [6.45, 7) is 8.40. The molecule has 0 spiro atoms. The van der Waals surface area contributed by atoms with E-state index in [-0.39, 0.29) is 0 Å². The predicted octanol–water partition coefficient (Wildman–Crippen LogP) is 3.29. The van der Waals surface area contributed by atoms with E-state index in [1.807, 2.05) is 13.0 Å². The zero-order valence-corrected chi connectivity index (χ0v) is 10.3. The third kappa shape index (κ3) is 1.60. The second kappa shape index (κ2) is 3.71. The summed E-state index contributed by atoms with van der Waals surface area (Å²) < 4.78 is 2.27. The fraction of sp³-hybridized carbons (Fsp3) is 0.286. The van der Waals surface area contributed by atoms with Crippen LogP contribution in [0.2, 0.25) is 0 Å². The number of nitrogens with two attached hydrogens (primary N) is 1. The Kier molecular flexibility index (Phi) is 2.50. The van der Waals surface area contributed by atoms with Crippen LogP contribution in [-0.2, 0) is 0 Å². The number of anilines is 1. The average Bonchev–Trinajstić information content (AvgIpc) is 2.53. The van der Waals surface area contributed by atoms with Crippen LogP contribution in [0.5, 0.6) is 0 Å². The maximum absolute atomic E-state index is 5.91. The zero-order chi connectivity index (χ0) is 11.9. The number of rotatable bonds is 1. The standard InChI is InChI=1S/C14H18N2/c1-9-8-14(10(2)7-13(9)15)16-11(3)5-6-12(16)4/h5-8H,15H2,1-4H3. The molecule has 0 radical (unpaired) electrons. The summed E-state index contributed by atoms with van der Waals surface area (Å²) in [6.07, 6.45) is 0. The molecule has 1 heterocycles. The summed E-state index contributed by atoms with van der Waals surface area (Å²) in [6, 6.07) is 8.48. The van der Waals surface area contributed by atoms with Gasteiger partial charge in [-0.25, -0.2) is 0 Å². The van der Waals surface area contributed by atoms with Crippen molar-refractivity contribution in [3.8, 4) is 5.69 Å². The van der Waals surface area contributed by atoms with E-state index in [4.69, 9.17) is 5.73 Å². The Morgan fingerprint density at radius 3 is 2.00 bits per heavy atom. The van der Waals surface area contributed by atoms with E-state index in [9.17, 15) is 0 Å². The lowest BCUT2D eigenvalue weighted by molar-refractivity contribution is 0.953. The second-order valence-corrected chi connectivity index (χ2v) is 4.45. The highest BCUT2D eigenvalue weighted by Crippen LogP contribution is 2.24. The van der Waals surface area contributed by atoms with Gasteiger partial charge >= 0.3 is 0 Å². The number of aryl methyl sites for hydroxylation is 4. The van der Waals surface area contributed by atoms with Gasteiger partial charge in [-0.3, -0.25) is 0 Å². The Morgan fingerprint density at radius 2 is 1.44 bits per heavy atom. The van der Waals surface area contributed by atoms with Crippen LogP contribution >= 0.6 is 0 Å². The number of benzene rings is 1. The van der Waals surface area contributed by atoms with Crippen molar-refractivity contribution in [2.45, 2.75) is 27.7 Å². The molecule has 2 N–H and O–H groups in total. The first kappa shape index (κ1) is 10.8. The Balaban J connectivity index is 2.69. The summed E-state index contributed by atoms with van der Waals surface area (Å²) in [5, 5.41) is 0. The molecule has 2 heteroatoms. The molecular formula is C14H18N2. The van der Waals surface area contributed by atoms with E-state index in [0.717, 1.165) is 11.3 Å². The lowest BCUT2D eigenvalue weighted by atomic mass is 10.1. The van der Waals surface area contributed by atoms with Crippen LogP contribution in [0.15, 0.2) is 24.3 Å². The molecule has 2 aromatic rings. The fourth-order valence-corrected chi connectivity index (χ4v) is 2.11. The second-order valence-electron chi connectivity index (χ2n) is 4.45. The molecule has 16 heavy (non-hydrogen) atoms. The number of nitrogens with zero attached hydrogens (tertiary/aromatic N) is 1. The molecule has 0 saturated carbocycles. The molecule has 0 aliphatic rings. The number of hydrogen-bond donors (Lipinski definition) is 1. The summed E-state index contributed by atoms with van der Waals surface area (Å²) in [4.78, 5) is 0. The van der Waals surface area contributed by atoms with Gasteiger partial charge in [-0.05, 0) is 63.1 Å². The van der Waals surface area contributed by atoms with Gasteiger partial charge in [-0.1, -0.05) is 0 Å². The SMILES string of the molecule is Cc1cc(-n2c(C)ccc2C)c(C)cc1N. The monoisotopic (exact) mass is 214 g/mol. The van der Waals surface area contributed by atoms with Crippen LogP contribution < -0.4 is 5.73 Å². The first-order valence-corrected chi connectivity index (χ1v) is 5.52. The van der Waals surface area contributed by atoms with Gasteiger partial charge in [0, 0.05) is 22.8 Å². The van der Waals surface area contributed by atoms with Crippen molar-refractivity contribution in [2.24, 2.45) is 0 Å². The normalized spacial score (nSPS) is 10.8. The van der Waals surface area contributed by atoms with Crippen LogP contribution in [0.1, 0.15) is 22.5 Å². The molecule has 0 atom stereocenters. The van der Waals surface area contributed by atoms with Crippen molar-refractivity contribution < 1.29 is 0 Å². The van der Waals surface area contributed by atoms with Crippen molar-refractivity contribution in [3.63, 3.8) is 0 Å². The van der Waals surface area contributed by atoms with Gasteiger partial charge in [0.1, 0.15) is 0 Å². The molecule has 0 amide bonds. The highest BCUT2D eigenvalue weighted by Gasteiger charge is 2.08. The van der Waals surface area contributed by atoms with Crippen LogP contribution in [0, 0.1) is 27.7 Å². The molecule has 0 unspecified atom stereocenters. The van der Waals surface area contributed by atoms with Gasteiger partial charge in [0.2, 0.25) is 0 Å². The van der Waals surface area contributed by atoms with Crippen LogP contribution in [-0.4, -0.2) is 4.57 Å². The molecule has 1 aromatic carbocycles. The molecule has 0 aliphatic carbocycles. The molecule has 1 aromatic heterocycles. The Labute approximate surface area is 96.7 Å². The van der Waals surface area contributed by atoms with E-state index < -0.39 is 0 Å². The summed E-state index contributed by atoms with van der Waals surface area (Å²) >= 11 is 0. The maximum atomic E-state index is 5.91. The molecule has 0 bridgehead atoms. The van der Waals surface area contributed by atoms with E-state index in [1.165, 1.54) is 22.6 Å². The fourth-order valence-electron chi connectivity index (χ4n) is 2.11. The van der Waals surface area contributed by atoms with E-state index in [0.29, 0.717) is 0 Å². The van der Waals surface area contributed by atoms with Crippen molar-refractivity contribution >= 4 is 5.69 Å². The van der Waals surface area contributed by atoms with E-state index in [2.05, 4.69) is 43.5 Å². The molecule has 84 valence electrons. The molecule has 0 fully saturated rings. The first-order valence-electron chi connectivity index (χ1n) is 5.52. The van der Waals surface area contributed by atoms with Crippen LogP contribution in [0.25, 0.3) is 5.69 Å². The molecule has 2 rings (SSSR count). The minimum absolute atomic E-state index is 0.865.